The lowest BCUT2D eigenvalue weighted by Gasteiger charge is -2.17. The van der Waals surface area contributed by atoms with E-state index in [4.69, 9.17) is 5.73 Å². The predicted molar refractivity (Wildman–Crippen MR) is 208 cm³/mol. The lowest BCUT2D eigenvalue weighted by atomic mass is 9.94. The fourth-order valence-electron chi connectivity index (χ4n) is 5.77. The van der Waals surface area contributed by atoms with Gasteiger partial charge in [-0.25, -0.2) is 0 Å². The highest BCUT2D eigenvalue weighted by atomic mass is 32.2. The van der Waals surface area contributed by atoms with Crippen molar-refractivity contribution in [2.24, 2.45) is 25.6 Å². The Morgan fingerprint density at radius 1 is 0.554 bits per heavy atom. The van der Waals surface area contributed by atoms with Crippen LogP contribution in [0.15, 0.2) is 149 Å². The molecule has 282 valence electrons. The second-order valence-corrected chi connectivity index (χ2v) is 16.3. The summed E-state index contributed by atoms with van der Waals surface area (Å²) in [5, 5.41) is 22.2. The Kier molecular flexibility index (Phi) is 9.62. The Morgan fingerprint density at radius 2 is 1.11 bits per heavy atom. The van der Waals surface area contributed by atoms with Crippen LogP contribution in [0.1, 0.15) is 15.9 Å². The Labute approximate surface area is 317 Å². The number of rotatable bonds is 9. The van der Waals surface area contributed by atoms with Crippen LogP contribution in [0.4, 0.5) is 34.1 Å². The van der Waals surface area contributed by atoms with E-state index >= 15 is 0 Å². The van der Waals surface area contributed by atoms with Crippen molar-refractivity contribution in [2.45, 2.75) is 9.79 Å². The monoisotopic (exact) mass is 811 g/mol. The molecule has 0 amide bonds. The van der Waals surface area contributed by atoms with E-state index in [9.17, 15) is 43.7 Å². The first-order chi connectivity index (χ1) is 26.5. The Hall–Kier alpha value is -6.55. The number of carbonyl (C=O) groups is 1. The maximum Gasteiger partial charge on any atom is 0.296 e. The number of anilines is 2. The van der Waals surface area contributed by atoms with Gasteiger partial charge in [0.05, 0.1) is 38.2 Å². The number of allylic oxidation sites excluding steroid dienone is 1. The third-order valence-electron chi connectivity index (χ3n) is 8.42. The molecule has 0 aliphatic heterocycles. The Morgan fingerprint density at radius 3 is 1.71 bits per heavy atom. The molecule has 0 heterocycles. The summed E-state index contributed by atoms with van der Waals surface area (Å²) in [5.74, 6) is -0.883. The minimum Gasteiger partial charge on any atom is -0.399 e. The lowest BCUT2D eigenvalue weighted by molar-refractivity contribution is 0.106. The third kappa shape index (κ3) is 7.68. The average molecular weight is 812 g/mol. The van der Waals surface area contributed by atoms with Crippen molar-refractivity contribution < 1.29 is 43.7 Å². The van der Waals surface area contributed by atoms with Gasteiger partial charge in [0.25, 0.3) is 30.4 Å². The van der Waals surface area contributed by atoms with Gasteiger partial charge >= 0.3 is 0 Å². The van der Waals surface area contributed by atoms with Crippen LogP contribution in [0.25, 0.3) is 27.6 Å². The topological polar surface area (TPSA) is 280 Å². The number of fused-ring (bicyclic) bond motifs is 3. The first kappa shape index (κ1) is 37.8. The largest absolute Gasteiger partial charge is 0.399 e. The summed E-state index contributed by atoms with van der Waals surface area (Å²) in [6.45, 7) is 0. The van der Waals surface area contributed by atoms with Gasteiger partial charge in [-0.1, -0.05) is 36.4 Å². The van der Waals surface area contributed by atoms with Gasteiger partial charge in [-0.2, -0.15) is 35.5 Å². The van der Waals surface area contributed by atoms with Gasteiger partial charge < -0.3 is 5.73 Å². The summed E-state index contributed by atoms with van der Waals surface area (Å²) in [5.41, 5.74) is 9.30. The minimum absolute atomic E-state index is 0.0151. The number of Topliss-reactive ketones (excluding diaryl/α,β-unsaturated/α-hetero) is 1. The molecule has 7 rings (SSSR count). The Balaban J connectivity index is 1.32. The highest BCUT2D eigenvalue weighted by molar-refractivity contribution is 7.91. The summed E-state index contributed by atoms with van der Waals surface area (Å²) in [6, 6.07) is 26.1. The van der Waals surface area contributed by atoms with E-state index in [-0.39, 0.29) is 55.7 Å². The first-order valence-electron chi connectivity index (χ1n) is 15.9. The van der Waals surface area contributed by atoms with Crippen LogP contribution in [-0.4, -0.2) is 50.4 Å². The molecule has 0 fully saturated rings. The molecular formula is C36H25N7O10S3. The number of azo groups is 2. The van der Waals surface area contributed by atoms with Gasteiger partial charge in [0.2, 0.25) is 5.78 Å². The summed E-state index contributed by atoms with van der Waals surface area (Å²) < 4.78 is 102. The number of hydrogen-bond donors (Lipinski definition) is 5. The van der Waals surface area contributed by atoms with Crippen molar-refractivity contribution in [1.29, 1.82) is 0 Å². The molecule has 0 aromatic heterocycles. The average Bonchev–Trinajstić information content (AvgIpc) is 3.15. The molecule has 0 bridgehead atoms. The molecule has 6 N–H and O–H groups in total. The maximum absolute atomic E-state index is 13.4. The number of nitrogens with one attached hydrogen (secondary N) is 1. The minimum atomic E-state index is -4.97. The maximum atomic E-state index is 13.4. The van der Waals surface area contributed by atoms with E-state index < -0.39 is 56.5 Å². The lowest BCUT2D eigenvalue weighted by Crippen LogP contribution is -2.27. The van der Waals surface area contributed by atoms with E-state index in [0.29, 0.717) is 11.1 Å². The van der Waals surface area contributed by atoms with Crippen molar-refractivity contribution in [3.05, 3.63) is 125 Å². The number of carbonyl (C=O) groups excluding carboxylic acids is 1. The van der Waals surface area contributed by atoms with E-state index in [1.54, 1.807) is 36.4 Å². The molecule has 6 aromatic carbocycles. The van der Waals surface area contributed by atoms with Crippen LogP contribution in [0.3, 0.4) is 0 Å². The smallest absolute Gasteiger partial charge is 0.296 e. The fraction of sp³-hybridized carbons (Fsp3) is 0. The summed E-state index contributed by atoms with van der Waals surface area (Å²) in [6.07, 6.45) is 1.05. The SMILES string of the molecule is Nc1ccc2c(c1)C(=O)/C(=N\Nc1ccc(N=Nc3ccc(N=Nc4ccccc4)c4cc(S(=O)(=O)O)ccc34)c3ccc(S(=O)(=O)O)cc13)C(S(=O)(=O)O)=C2. The first-order valence-corrected chi connectivity index (χ1v) is 20.2. The van der Waals surface area contributed by atoms with Crippen LogP contribution in [0.5, 0.6) is 0 Å². The van der Waals surface area contributed by atoms with Crippen molar-refractivity contribution in [1.82, 2.24) is 0 Å². The molecular weight excluding hydrogens is 787 g/mol. The molecule has 0 saturated heterocycles. The molecule has 20 heteroatoms. The third-order valence-corrected chi connectivity index (χ3v) is 11.0. The predicted octanol–water partition coefficient (Wildman–Crippen LogP) is 7.79. The number of nitrogens with two attached hydrogens (primary N) is 1. The number of benzene rings is 6. The summed E-state index contributed by atoms with van der Waals surface area (Å²) in [7, 11) is -14.3. The van der Waals surface area contributed by atoms with Crippen LogP contribution in [-0.2, 0) is 30.4 Å². The van der Waals surface area contributed by atoms with Gasteiger partial charge in [0.15, 0.2) is 5.71 Å². The highest BCUT2D eigenvalue weighted by Gasteiger charge is 2.33. The highest BCUT2D eigenvalue weighted by Crippen LogP contribution is 2.39. The number of hydrazone groups is 1. The van der Waals surface area contributed by atoms with E-state index in [1.165, 1.54) is 60.7 Å². The molecule has 1 aliphatic rings. The molecule has 1 aliphatic carbocycles. The van der Waals surface area contributed by atoms with Crippen LogP contribution >= 0.6 is 0 Å². The summed E-state index contributed by atoms with van der Waals surface area (Å²) in [4.78, 5) is 11.7. The van der Waals surface area contributed by atoms with Gasteiger partial charge in [-0.05, 0) is 84.4 Å². The second kappa shape index (κ2) is 14.3. The molecule has 0 saturated carbocycles. The van der Waals surface area contributed by atoms with Crippen LogP contribution < -0.4 is 11.2 Å². The molecule has 6 aromatic rings. The van der Waals surface area contributed by atoms with E-state index in [0.717, 1.165) is 18.2 Å². The Bertz CT molecular complexity index is 3110. The number of hydrogen-bond acceptors (Lipinski definition) is 14. The van der Waals surface area contributed by atoms with E-state index in [2.05, 4.69) is 31.0 Å². The van der Waals surface area contributed by atoms with Crippen LogP contribution in [0.2, 0.25) is 0 Å². The molecule has 0 spiro atoms. The molecule has 56 heavy (non-hydrogen) atoms. The van der Waals surface area contributed by atoms with Crippen molar-refractivity contribution in [3.63, 3.8) is 0 Å². The summed E-state index contributed by atoms with van der Waals surface area (Å²) >= 11 is 0. The van der Waals surface area contributed by atoms with E-state index in [1.807, 2.05) is 0 Å². The number of ketones is 1. The number of nitrogens with zero attached hydrogens (tertiary/aromatic N) is 5. The molecule has 0 unspecified atom stereocenters. The number of nitrogen functional groups attached to an aromatic ring is 1. The fourth-order valence-corrected chi connectivity index (χ4v) is 7.44. The van der Waals surface area contributed by atoms with Gasteiger partial charge in [-0.3, -0.25) is 23.9 Å². The van der Waals surface area contributed by atoms with Gasteiger partial charge in [0, 0.05) is 32.8 Å². The van der Waals surface area contributed by atoms with Gasteiger partial charge in [-0.15, -0.1) is 15.3 Å². The zero-order valence-corrected chi connectivity index (χ0v) is 30.7. The zero-order valence-electron chi connectivity index (χ0n) is 28.2. The van der Waals surface area contributed by atoms with Crippen molar-refractivity contribution in [2.75, 3.05) is 11.2 Å². The molecule has 0 radical (unpaired) electrons. The van der Waals surface area contributed by atoms with Crippen molar-refractivity contribution >= 4 is 104 Å². The van der Waals surface area contributed by atoms with Crippen molar-refractivity contribution in [3.8, 4) is 0 Å². The zero-order chi connectivity index (χ0) is 40.0. The molecule has 17 nitrogen and oxygen atoms in total. The second-order valence-electron chi connectivity index (χ2n) is 12.1. The van der Waals surface area contributed by atoms with Crippen LogP contribution in [0, 0.1) is 0 Å². The standard InChI is InChI=1S/C36H25N7O10S3/c37-21-7-6-20-16-34(56(51,52)53)35(36(44)27(20)17-21)43-42-33-15-13-31(26-11-9-24(19-29(26)33)55(48,49)50)41-40-30-12-14-32(39-38-22-4-2-1-3-5-22)28-18-23(54(45,46)47)8-10-25(28)30/h1-19,42H,37H2,(H,45,46,47)(H,48,49,50)(H,51,52,53)/b39-38?,41-40?,43-35-. The van der Waals surface area contributed by atoms with Gasteiger partial charge in [0.1, 0.15) is 4.91 Å². The normalized spacial score (nSPS) is 14.5. The quantitative estimate of drug-likeness (QED) is 0.0405. The molecule has 0 atom stereocenters.